The van der Waals surface area contributed by atoms with Crippen molar-refractivity contribution in [2.75, 3.05) is 19.9 Å². The maximum Gasteiger partial charge on any atom is 0.260 e. The van der Waals surface area contributed by atoms with Crippen LogP contribution >= 0.6 is 23.4 Å². The zero-order valence-corrected chi connectivity index (χ0v) is 14.8. The molecular weight excluding hydrogens is 360 g/mol. The van der Waals surface area contributed by atoms with Gasteiger partial charge in [0.15, 0.2) is 16.7 Å². The molecule has 0 spiro atoms. The molecule has 2 heterocycles. The molecule has 0 unspecified atom stereocenters. The second-order valence-electron chi connectivity index (χ2n) is 5.61. The summed E-state index contributed by atoms with van der Waals surface area (Å²) in [4.78, 5) is 19.0. The Morgan fingerprint density at radius 3 is 2.96 bits per heavy atom. The summed E-state index contributed by atoms with van der Waals surface area (Å²) in [5.41, 5.74) is 1.67. The molecule has 0 N–H and O–H groups in total. The number of amides is 1. The Morgan fingerprint density at radius 2 is 2.08 bits per heavy atom. The second-order valence-corrected chi connectivity index (χ2v) is 6.99. The summed E-state index contributed by atoms with van der Waals surface area (Å²) in [6.07, 6.45) is 0. The van der Waals surface area contributed by atoms with Crippen LogP contribution in [0.3, 0.4) is 0 Å². The number of carbonyl (C=O) groups excluding carboxylic acids is 1. The number of fused-ring (bicyclic) bond motifs is 1. The van der Waals surface area contributed by atoms with Gasteiger partial charge >= 0.3 is 0 Å². The first-order chi connectivity index (χ1) is 12.2. The van der Waals surface area contributed by atoms with E-state index in [1.807, 2.05) is 24.3 Å². The van der Waals surface area contributed by atoms with Crippen molar-refractivity contribution in [2.45, 2.75) is 5.75 Å². The summed E-state index contributed by atoms with van der Waals surface area (Å²) in [5, 5.41) is 1.45. The molecule has 0 atom stereocenters. The lowest BCUT2D eigenvalue weighted by atomic mass is 10.2. The fourth-order valence-corrected chi connectivity index (χ4v) is 3.90. The van der Waals surface area contributed by atoms with Crippen LogP contribution in [0.4, 0.5) is 0 Å². The number of nitrogens with zero attached hydrogens (tertiary/aromatic N) is 2. The van der Waals surface area contributed by atoms with Gasteiger partial charge in [0.2, 0.25) is 6.79 Å². The number of hydrogen-bond donors (Lipinski definition) is 0. The molecule has 0 saturated heterocycles. The van der Waals surface area contributed by atoms with E-state index in [1.165, 1.54) is 0 Å². The minimum absolute atomic E-state index is 0.0758. The lowest BCUT2D eigenvalue weighted by Gasteiger charge is -2.18. The number of halogens is 1. The van der Waals surface area contributed by atoms with E-state index >= 15 is 0 Å². The molecule has 5 nitrogen and oxygen atoms in total. The van der Waals surface area contributed by atoms with E-state index in [0.29, 0.717) is 40.9 Å². The largest absolute Gasteiger partial charge is 0.454 e. The SMILES string of the molecule is O=C(c1ccc2c(c1)OCO2)N1CCN=C1SCc1cccc(Cl)c1. The van der Waals surface area contributed by atoms with Crippen LogP contribution in [0.2, 0.25) is 5.02 Å². The van der Waals surface area contributed by atoms with Crippen molar-refractivity contribution < 1.29 is 14.3 Å². The summed E-state index contributed by atoms with van der Waals surface area (Å²) in [5.74, 6) is 1.91. The molecule has 0 bridgehead atoms. The highest BCUT2D eigenvalue weighted by Crippen LogP contribution is 2.33. The topological polar surface area (TPSA) is 51.1 Å². The Hall–Kier alpha value is -2.18. The van der Waals surface area contributed by atoms with Gasteiger partial charge in [-0.2, -0.15) is 0 Å². The first kappa shape index (κ1) is 16.3. The van der Waals surface area contributed by atoms with E-state index in [4.69, 9.17) is 21.1 Å². The van der Waals surface area contributed by atoms with Crippen LogP contribution in [-0.4, -0.2) is 35.9 Å². The number of ether oxygens (including phenoxy) is 2. The maximum absolute atomic E-state index is 12.8. The summed E-state index contributed by atoms with van der Waals surface area (Å²) in [6, 6.07) is 13.0. The monoisotopic (exact) mass is 374 g/mol. The standard InChI is InChI=1S/C18H15ClN2O3S/c19-14-3-1-2-12(8-14)10-25-18-20-6-7-21(18)17(22)13-4-5-15-16(9-13)24-11-23-15/h1-5,8-9H,6-7,10-11H2. The normalized spacial score (nSPS) is 15.4. The van der Waals surface area contributed by atoms with Crippen molar-refractivity contribution in [3.8, 4) is 11.5 Å². The summed E-state index contributed by atoms with van der Waals surface area (Å²) in [7, 11) is 0. The molecule has 2 aliphatic heterocycles. The molecule has 4 rings (SSSR count). The van der Waals surface area contributed by atoms with Crippen molar-refractivity contribution in [3.05, 3.63) is 58.6 Å². The van der Waals surface area contributed by atoms with Crippen molar-refractivity contribution in [2.24, 2.45) is 4.99 Å². The fraction of sp³-hybridized carbons (Fsp3) is 0.222. The average Bonchev–Trinajstić information content (AvgIpc) is 3.27. The summed E-state index contributed by atoms with van der Waals surface area (Å²) < 4.78 is 10.6. The van der Waals surface area contributed by atoms with Crippen molar-refractivity contribution in [1.82, 2.24) is 4.90 Å². The van der Waals surface area contributed by atoms with Gasteiger partial charge in [-0.05, 0) is 35.9 Å². The van der Waals surface area contributed by atoms with Crippen LogP contribution < -0.4 is 9.47 Å². The number of aliphatic imine (C=N–C) groups is 1. The first-order valence-corrected chi connectivity index (χ1v) is 9.20. The zero-order valence-electron chi connectivity index (χ0n) is 13.3. The highest BCUT2D eigenvalue weighted by molar-refractivity contribution is 8.13. The van der Waals surface area contributed by atoms with Gasteiger partial charge in [0.1, 0.15) is 0 Å². The Balaban J connectivity index is 1.46. The highest BCUT2D eigenvalue weighted by atomic mass is 35.5. The Labute approximate surface area is 154 Å². The lowest BCUT2D eigenvalue weighted by Crippen LogP contribution is -2.32. The smallest absolute Gasteiger partial charge is 0.260 e. The van der Waals surface area contributed by atoms with Gasteiger partial charge < -0.3 is 9.47 Å². The predicted molar refractivity (Wildman–Crippen MR) is 98.7 cm³/mol. The minimum Gasteiger partial charge on any atom is -0.454 e. The molecule has 25 heavy (non-hydrogen) atoms. The quantitative estimate of drug-likeness (QED) is 0.819. The number of rotatable bonds is 3. The van der Waals surface area contributed by atoms with Gasteiger partial charge in [0.05, 0.1) is 6.54 Å². The zero-order chi connectivity index (χ0) is 17.2. The molecule has 0 aliphatic carbocycles. The predicted octanol–water partition coefficient (Wildman–Crippen LogP) is 3.81. The Morgan fingerprint density at radius 1 is 1.20 bits per heavy atom. The van der Waals surface area contributed by atoms with Crippen LogP contribution in [0.25, 0.3) is 0 Å². The van der Waals surface area contributed by atoms with E-state index in [2.05, 4.69) is 4.99 Å². The van der Waals surface area contributed by atoms with Gasteiger partial charge in [0, 0.05) is 22.9 Å². The molecule has 7 heteroatoms. The number of carbonyl (C=O) groups is 1. The molecule has 2 aliphatic rings. The van der Waals surface area contributed by atoms with E-state index in [9.17, 15) is 4.79 Å². The lowest BCUT2D eigenvalue weighted by molar-refractivity contribution is 0.0860. The van der Waals surface area contributed by atoms with Crippen molar-refractivity contribution in [3.63, 3.8) is 0 Å². The van der Waals surface area contributed by atoms with E-state index < -0.39 is 0 Å². The van der Waals surface area contributed by atoms with Gasteiger partial charge in [-0.25, -0.2) is 0 Å². The van der Waals surface area contributed by atoms with Crippen LogP contribution in [0.1, 0.15) is 15.9 Å². The number of hydrogen-bond acceptors (Lipinski definition) is 5. The molecule has 2 aromatic rings. The number of benzene rings is 2. The van der Waals surface area contributed by atoms with Crippen LogP contribution in [0.15, 0.2) is 47.5 Å². The third kappa shape index (κ3) is 3.45. The molecule has 0 fully saturated rings. The van der Waals surface area contributed by atoms with Gasteiger partial charge in [-0.1, -0.05) is 35.5 Å². The first-order valence-electron chi connectivity index (χ1n) is 7.84. The molecule has 0 saturated carbocycles. The fourth-order valence-electron chi connectivity index (χ4n) is 2.70. The van der Waals surface area contributed by atoms with Crippen LogP contribution in [-0.2, 0) is 5.75 Å². The van der Waals surface area contributed by atoms with E-state index in [0.717, 1.165) is 10.7 Å². The number of thioether (sulfide) groups is 1. The molecule has 1 amide bonds. The Bertz CT molecular complexity index is 856. The molecule has 0 aromatic heterocycles. The van der Waals surface area contributed by atoms with E-state index in [-0.39, 0.29) is 12.7 Å². The average molecular weight is 375 g/mol. The Kier molecular flexibility index (Phi) is 4.55. The highest BCUT2D eigenvalue weighted by Gasteiger charge is 2.26. The minimum atomic E-state index is -0.0758. The van der Waals surface area contributed by atoms with Crippen molar-refractivity contribution in [1.29, 1.82) is 0 Å². The van der Waals surface area contributed by atoms with E-state index in [1.54, 1.807) is 34.9 Å². The van der Waals surface area contributed by atoms with Crippen LogP contribution in [0, 0.1) is 0 Å². The second kappa shape index (κ2) is 6.98. The third-order valence-corrected chi connectivity index (χ3v) is 5.24. The molecule has 128 valence electrons. The number of amidine groups is 1. The summed E-state index contributed by atoms with van der Waals surface area (Å²) in [6.45, 7) is 1.40. The third-order valence-electron chi connectivity index (χ3n) is 3.92. The van der Waals surface area contributed by atoms with Crippen molar-refractivity contribution >= 4 is 34.4 Å². The summed E-state index contributed by atoms with van der Waals surface area (Å²) >= 11 is 7.56. The molecular formula is C18H15ClN2O3S. The van der Waals surface area contributed by atoms with Gasteiger partial charge in [-0.3, -0.25) is 14.7 Å². The van der Waals surface area contributed by atoms with Gasteiger partial charge in [-0.15, -0.1) is 0 Å². The molecule has 0 radical (unpaired) electrons. The molecule has 2 aromatic carbocycles. The maximum atomic E-state index is 12.8. The van der Waals surface area contributed by atoms with Gasteiger partial charge in [0.25, 0.3) is 5.91 Å². The van der Waals surface area contributed by atoms with Crippen LogP contribution in [0.5, 0.6) is 11.5 Å².